The van der Waals surface area contributed by atoms with Crippen LogP contribution >= 0.6 is 0 Å². The Morgan fingerprint density at radius 2 is 1.88 bits per heavy atom. The van der Waals surface area contributed by atoms with E-state index in [1.807, 2.05) is 6.92 Å². The number of carboxylic acids is 1. The summed E-state index contributed by atoms with van der Waals surface area (Å²) in [5.74, 6) is -1.32. The van der Waals surface area contributed by atoms with E-state index < -0.39 is 12.1 Å². The lowest BCUT2D eigenvalue weighted by atomic mass is 10.1. The topological polar surface area (TPSA) is 83.8 Å². The molecule has 5 heteroatoms. The molecule has 5 nitrogen and oxygen atoms in total. The Morgan fingerprint density at radius 1 is 1.29 bits per heavy atom. The second-order valence-electron chi connectivity index (χ2n) is 3.53. The van der Waals surface area contributed by atoms with Gasteiger partial charge < -0.3 is 14.9 Å². The van der Waals surface area contributed by atoms with E-state index in [1.165, 1.54) is 24.3 Å². The van der Waals surface area contributed by atoms with Crippen molar-refractivity contribution in [2.75, 3.05) is 0 Å². The summed E-state index contributed by atoms with van der Waals surface area (Å²) in [6.45, 7) is 1.87. The van der Waals surface area contributed by atoms with Gasteiger partial charge in [-0.05, 0) is 24.1 Å². The summed E-state index contributed by atoms with van der Waals surface area (Å²) < 4.78 is 4.98. The number of benzene rings is 1. The molecule has 0 radical (unpaired) electrons. The average molecular weight is 238 g/mol. The van der Waals surface area contributed by atoms with Gasteiger partial charge in [-0.25, -0.2) is 4.79 Å². The molecule has 0 aliphatic heterocycles. The Balaban J connectivity index is 2.68. The van der Waals surface area contributed by atoms with Crippen LogP contribution in [0.5, 0.6) is 5.75 Å². The van der Waals surface area contributed by atoms with Crippen molar-refractivity contribution in [2.24, 2.45) is 0 Å². The van der Waals surface area contributed by atoms with Crippen LogP contribution in [0.2, 0.25) is 0 Å². The van der Waals surface area contributed by atoms with Crippen molar-refractivity contribution in [1.29, 1.82) is 0 Å². The molecular formula is C12H14O5. The molecule has 2 N–H and O–H groups in total. The maximum absolute atomic E-state index is 11.2. The van der Waals surface area contributed by atoms with Crippen molar-refractivity contribution in [3.8, 4) is 5.75 Å². The van der Waals surface area contributed by atoms with Gasteiger partial charge in [-0.1, -0.05) is 19.1 Å². The van der Waals surface area contributed by atoms with Gasteiger partial charge >= 0.3 is 11.9 Å². The van der Waals surface area contributed by atoms with E-state index in [4.69, 9.17) is 9.84 Å². The number of carboxylic acid groups (broad SMARTS) is 1. The van der Waals surface area contributed by atoms with Crippen molar-refractivity contribution in [1.82, 2.24) is 0 Å². The summed E-state index contributed by atoms with van der Waals surface area (Å²) >= 11 is 0. The first-order chi connectivity index (χ1) is 8.04. The molecule has 1 atom stereocenters. The minimum absolute atomic E-state index is 0.243. The number of hydrogen-bond acceptors (Lipinski definition) is 4. The van der Waals surface area contributed by atoms with Crippen LogP contribution in [0.1, 0.15) is 31.4 Å². The van der Waals surface area contributed by atoms with Crippen LogP contribution in [0.4, 0.5) is 0 Å². The molecule has 1 aromatic rings. The molecule has 0 aliphatic carbocycles. The van der Waals surface area contributed by atoms with Crippen LogP contribution in [-0.2, 0) is 9.59 Å². The summed E-state index contributed by atoms with van der Waals surface area (Å²) in [6, 6.07) is 5.73. The summed E-state index contributed by atoms with van der Waals surface area (Å²) in [5.41, 5.74) is 0.243. The first-order valence-electron chi connectivity index (χ1n) is 5.26. The van der Waals surface area contributed by atoms with Gasteiger partial charge in [-0.2, -0.15) is 0 Å². The van der Waals surface area contributed by atoms with Gasteiger partial charge in [0, 0.05) is 6.42 Å². The summed E-state index contributed by atoms with van der Waals surface area (Å²) in [6.07, 6.45) is -0.524. The Hall–Kier alpha value is -1.88. The number of ether oxygens (including phenoxy) is 1. The number of aliphatic carboxylic acids is 1. The lowest BCUT2D eigenvalue weighted by Gasteiger charge is -2.07. The third-order valence-electron chi connectivity index (χ3n) is 2.12. The van der Waals surface area contributed by atoms with E-state index >= 15 is 0 Å². The molecular weight excluding hydrogens is 224 g/mol. The fourth-order valence-corrected chi connectivity index (χ4v) is 1.25. The van der Waals surface area contributed by atoms with Gasteiger partial charge in [0.2, 0.25) is 0 Å². The first-order valence-corrected chi connectivity index (χ1v) is 5.26. The number of carbonyl (C=O) groups excluding carboxylic acids is 1. The average Bonchev–Trinajstić information content (AvgIpc) is 2.29. The second kappa shape index (κ2) is 6.00. The zero-order valence-corrected chi connectivity index (χ0v) is 9.42. The van der Waals surface area contributed by atoms with Gasteiger partial charge in [0.15, 0.2) is 6.10 Å². The third kappa shape index (κ3) is 3.88. The number of aliphatic hydroxyl groups is 1. The van der Waals surface area contributed by atoms with Gasteiger partial charge in [-0.3, -0.25) is 4.79 Å². The number of esters is 1. The van der Waals surface area contributed by atoms with Crippen molar-refractivity contribution >= 4 is 11.9 Å². The highest BCUT2D eigenvalue weighted by Crippen LogP contribution is 2.18. The van der Waals surface area contributed by atoms with E-state index in [1.54, 1.807) is 0 Å². The van der Waals surface area contributed by atoms with Crippen LogP contribution in [0.25, 0.3) is 0 Å². The van der Waals surface area contributed by atoms with E-state index in [0.29, 0.717) is 18.6 Å². The van der Waals surface area contributed by atoms with Crippen molar-refractivity contribution in [2.45, 2.75) is 25.9 Å². The van der Waals surface area contributed by atoms with E-state index in [-0.39, 0.29) is 11.5 Å². The van der Waals surface area contributed by atoms with Crippen LogP contribution < -0.4 is 4.74 Å². The molecule has 1 aromatic carbocycles. The molecule has 0 saturated carbocycles. The lowest BCUT2D eigenvalue weighted by Crippen LogP contribution is -2.10. The Morgan fingerprint density at radius 3 is 2.35 bits per heavy atom. The Labute approximate surface area is 98.6 Å². The maximum Gasteiger partial charge on any atom is 0.337 e. The van der Waals surface area contributed by atoms with Gasteiger partial charge in [0.05, 0.1) is 0 Å². The second-order valence-corrected chi connectivity index (χ2v) is 3.53. The number of carbonyl (C=O) groups is 2. The number of rotatable bonds is 5. The Kier molecular flexibility index (Phi) is 4.66. The van der Waals surface area contributed by atoms with Crippen molar-refractivity contribution in [3.63, 3.8) is 0 Å². The normalized spacial score (nSPS) is 11.9. The number of hydrogen-bond donors (Lipinski definition) is 2. The summed E-state index contributed by atoms with van der Waals surface area (Å²) in [7, 11) is 0. The van der Waals surface area contributed by atoms with Gasteiger partial charge in [0.25, 0.3) is 0 Å². The zero-order valence-electron chi connectivity index (χ0n) is 9.42. The standard InChI is InChI=1S/C12H14O5/c1-2-3-10(13)17-9-6-4-8(5-7-9)11(14)12(15)16/h4-7,11,14H,2-3H2,1H3,(H,15,16). The minimum Gasteiger partial charge on any atom is -0.479 e. The third-order valence-corrected chi connectivity index (χ3v) is 2.12. The minimum atomic E-state index is -1.56. The maximum atomic E-state index is 11.2. The van der Waals surface area contributed by atoms with Gasteiger partial charge in [0.1, 0.15) is 5.75 Å². The Bertz CT molecular complexity index is 396. The SMILES string of the molecule is CCCC(=O)Oc1ccc(C(O)C(=O)O)cc1. The molecule has 0 fully saturated rings. The van der Waals surface area contributed by atoms with E-state index in [2.05, 4.69) is 0 Å². The van der Waals surface area contributed by atoms with Crippen molar-refractivity contribution < 1.29 is 24.5 Å². The van der Waals surface area contributed by atoms with E-state index in [0.717, 1.165) is 0 Å². The largest absolute Gasteiger partial charge is 0.479 e. The molecule has 92 valence electrons. The molecule has 17 heavy (non-hydrogen) atoms. The first kappa shape index (κ1) is 13.2. The highest BCUT2D eigenvalue weighted by atomic mass is 16.5. The molecule has 0 bridgehead atoms. The highest BCUT2D eigenvalue weighted by molar-refractivity contribution is 5.74. The smallest absolute Gasteiger partial charge is 0.337 e. The predicted molar refractivity (Wildman–Crippen MR) is 59.6 cm³/mol. The highest BCUT2D eigenvalue weighted by Gasteiger charge is 2.15. The van der Waals surface area contributed by atoms with Crippen LogP contribution in [0.3, 0.4) is 0 Å². The predicted octanol–water partition coefficient (Wildman–Crippen LogP) is 1.51. The van der Waals surface area contributed by atoms with Gasteiger partial charge in [-0.15, -0.1) is 0 Å². The number of aliphatic hydroxyl groups excluding tert-OH is 1. The fourth-order valence-electron chi connectivity index (χ4n) is 1.25. The van der Waals surface area contributed by atoms with Crippen LogP contribution in [-0.4, -0.2) is 22.2 Å². The molecule has 1 unspecified atom stereocenters. The zero-order chi connectivity index (χ0) is 12.8. The molecule has 0 saturated heterocycles. The van der Waals surface area contributed by atoms with Crippen LogP contribution in [0, 0.1) is 0 Å². The quantitative estimate of drug-likeness (QED) is 0.600. The van der Waals surface area contributed by atoms with Crippen molar-refractivity contribution in [3.05, 3.63) is 29.8 Å². The fraction of sp³-hybridized carbons (Fsp3) is 0.333. The van der Waals surface area contributed by atoms with E-state index in [9.17, 15) is 14.7 Å². The molecule has 0 aromatic heterocycles. The molecule has 0 heterocycles. The van der Waals surface area contributed by atoms with Crippen LogP contribution in [0.15, 0.2) is 24.3 Å². The lowest BCUT2D eigenvalue weighted by molar-refractivity contribution is -0.147. The molecule has 1 rings (SSSR count). The molecule has 0 amide bonds. The molecule has 0 aliphatic rings. The summed E-state index contributed by atoms with van der Waals surface area (Å²) in [5, 5.41) is 17.8. The molecule has 0 spiro atoms. The monoisotopic (exact) mass is 238 g/mol. The summed E-state index contributed by atoms with van der Waals surface area (Å²) in [4.78, 5) is 21.7.